The van der Waals surface area contributed by atoms with E-state index in [9.17, 15) is 9.90 Å². The van der Waals surface area contributed by atoms with E-state index in [2.05, 4.69) is 0 Å². The molecule has 0 amide bonds. The maximum absolute atomic E-state index is 12.0. The lowest BCUT2D eigenvalue weighted by molar-refractivity contribution is -0.145. The number of aliphatic carboxylic acids is 1. The van der Waals surface area contributed by atoms with Crippen molar-refractivity contribution in [3.8, 4) is 11.5 Å². The predicted molar refractivity (Wildman–Crippen MR) is 88.3 cm³/mol. The van der Waals surface area contributed by atoms with Crippen LogP contribution in [0.3, 0.4) is 0 Å². The molecule has 1 aromatic rings. The van der Waals surface area contributed by atoms with Gasteiger partial charge in [0, 0.05) is 0 Å². The van der Waals surface area contributed by atoms with E-state index in [4.69, 9.17) is 9.47 Å². The average Bonchev–Trinajstić information content (AvgIpc) is 3.08. The van der Waals surface area contributed by atoms with Crippen molar-refractivity contribution in [3.05, 3.63) is 23.8 Å². The number of benzene rings is 1. The summed E-state index contributed by atoms with van der Waals surface area (Å²) in [5, 5.41) is 9.87. The molecule has 126 valence electrons. The number of hydrogen-bond donors (Lipinski definition) is 1. The van der Waals surface area contributed by atoms with Gasteiger partial charge in [0.2, 0.25) is 0 Å². The molecule has 0 atom stereocenters. The van der Waals surface area contributed by atoms with Crippen molar-refractivity contribution in [2.45, 2.75) is 69.3 Å². The first kappa shape index (κ1) is 16.2. The number of carboxylic acid groups (broad SMARTS) is 1. The Balaban J connectivity index is 1.93. The van der Waals surface area contributed by atoms with Crippen LogP contribution < -0.4 is 9.47 Å². The first-order chi connectivity index (χ1) is 11.2. The fourth-order valence-corrected chi connectivity index (χ4v) is 4.03. The van der Waals surface area contributed by atoms with E-state index in [-0.39, 0.29) is 6.10 Å². The van der Waals surface area contributed by atoms with Gasteiger partial charge in [0.05, 0.1) is 18.6 Å². The molecule has 0 saturated heterocycles. The number of carbonyl (C=O) groups is 1. The molecule has 3 rings (SSSR count). The Morgan fingerprint density at radius 3 is 2.39 bits per heavy atom. The smallest absolute Gasteiger partial charge is 0.314 e. The minimum absolute atomic E-state index is 0.228. The normalized spacial score (nSPS) is 21.1. The molecule has 0 aliphatic heterocycles. The van der Waals surface area contributed by atoms with Gasteiger partial charge in [-0.3, -0.25) is 4.79 Å². The minimum Gasteiger partial charge on any atom is -0.493 e. The second-order valence-corrected chi connectivity index (χ2v) is 6.84. The summed E-state index contributed by atoms with van der Waals surface area (Å²) in [6.45, 7) is 0. The summed E-state index contributed by atoms with van der Waals surface area (Å²) >= 11 is 0. The molecular formula is C19H26O4. The Bertz CT molecular complexity index is 554. The third-order valence-corrected chi connectivity index (χ3v) is 5.43. The summed E-state index contributed by atoms with van der Waals surface area (Å²) in [6, 6.07) is 5.68. The number of hydrogen-bond acceptors (Lipinski definition) is 3. The topological polar surface area (TPSA) is 55.8 Å². The molecule has 0 radical (unpaired) electrons. The van der Waals surface area contributed by atoms with E-state index < -0.39 is 11.4 Å². The van der Waals surface area contributed by atoms with Crippen LogP contribution in [0.25, 0.3) is 0 Å². The van der Waals surface area contributed by atoms with Crippen molar-refractivity contribution < 1.29 is 19.4 Å². The van der Waals surface area contributed by atoms with Gasteiger partial charge in [-0.25, -0.2) is 0 Å². The maximum atomic E-state index is 12.0. The molecule has 2 fully saturated rings. The van der Waals surface area contributed by atoms with Crippen LogP contribution in [0.4, 0.5) is 0 Å². The van der Waals surface area contributed by atoms with Crippen LogP contribution in [0.1, 0.15) is 63.4 Å². The summed E-state index contributed by atoms with van der Waals surface area (Å²) in [5.74, 6) is 0.675. The Morgan fingerprint density at radius 1 is 1.09 bits per heavy atom. The van der Waals surface area contributed by atoms with Crippen molar-refractivity contribution in [2.24, 2.45) is 0 Å². The first-order valence-electron chi connectivity index (χ1n) is 8.74. The van der Waals surface area contributed by atoms with Crippen molar-refractivity contribution in [3.63, 3.8) is 0 Å². The van der Waals surface area contributed by atoms with Gasteiger partial charge in [-0.05, 0) is 56.2 Å². The lowest BCUT2D eigenvalue weighted by atomic mass is 9.69. The van der Waals surface area contributed by atoms with Crippen molar-refractivity contribution in [2.75, 3.05) is 7.11 Å². The standard InChI is InChI=1S/C19H26O4/c1-22-16-10-9-14(13-17(16)23-15-7-3-4-8-15)19(18(20)21)11-5-2-6-12-19/h9-10,13,15H,2-8,11-12H2,1H3,(H,20,21). The minimum atomic E-state index is -0.766. The number of methoxy groups -OCH3 is 1. The van der Waals surface area contributed by atoms with E-state index in [0.29, 0.717) is 24.3 Å². The van der Waals surface area contributed by atoms with Gasteiger partial charge >= 0.3 is 5.97 Å². The Morgan fingerprint density at radius 2 is 1.78 bits per heavy atom. The van der Waals surface area contributed by atoms with Crippen molar-refractivity contribution in [1.82, 2.24) is 0 Å². The van der Waals surface area contributed by atoms with Gasteiger partial charge in [0.15, 0.2) is 11.5 Å². The molecule has 2 aliphatic rings. The Labute approximate surface area is 137 Å². The van der Waals surface area contributed by atoms with Gasteiger partial charge in [-0.1, -0.05) is 25.3 Å². The number of rotatable bonds is 5. The lowest BCUT2D eigenvalue weighted by Crippen LogP contribution is -2.37. The molecule has 2 aliphatic carbocycles. The third-order valence-electron chi connectivity index (χ3n) is 5.43. The highest BCUT2D eigenvalue weighted by molar-refractivity contribution is 5.82. The molecule has 4 nitrogen and oxygen atoms in total. The zero-order valence-corrected chi connectivity index (χ0v) is 13.8. The predicted octanol–water partition coefficient (Wildman–Crippen LogP) is 4.30. The summed E-state index contributed by atoms with van der Waals surface area (Å²) in [5.41, 5.74) is 0.0942. The van der Waals surface area contributed by atoms with Crippen LogP contribution in [0.5, 0.6) is 11.5 Å². The average molecular weight is 318 g/mol. The molecule has 0 aromatic heterocycles. The molecular weight excluding hydrogens is 292 g/mol. The first-order valence-corrected chi connectivity index (χ1v) is 8.74. The molecule has 0 heterocycles. The fourth-order valence-electron chi connectivity index (χ4n) is 4.03. The zero-order valence-electron chi connectivity index (χ0n) is 13.8. The van der Waals surface area contributed by atoms with E-state index >= 15 is 0 Å². The van der Waals surface area contributed by atoms with Crippen molar-refractivity contribution in [1.29, 1.82) is 0 Å². The van der Waals surface area contributed by atoms with E-state index in [1.807, 2.05) is 18.2 Å². The molecule has 1 aromatic carbocycles. The summed E-state index contributed by atoms with van der Waals surface area (Å²) in [4.78, 5) is 12.0. The molecule has 4 heteroatoms. The molecule has 2 saturated carbocycles. The van der Waals surface area contributed by atoms with Crippen LogP contribution in [0, 0.1) is 0 Å². The van der Waals surface area contributed by atoms with Gasteiger partial charge < -0.3 is 14.6 Å². The Kier molecular flexibility index (Phi) is 4.79. The monoisotopic (exact) mass is 318 g/mol. The second kappa shape index (κ2) is 6.81. The highest BCUT2D eigenvalue weighted by Gasteiger charge is 2.41. The fraction of sp³-hybridized carbons (Fsp3) is 0.632. The van der Waals surface area contributed by atoms with E-state index in [0.717, 1.165) is 37.7 Å². The van der Waals surface area contributed by atoms with Crippen LogP contribution in [0.15, 0.2) is 18.2 Å². The highest BCUT2D eigenvalue weighted by Crippen LogP contribution is 2.43. The zero-order chi connectivity index (χ0) is 16.3. The third kappa shape index (κ3) is 3.17. The van der Waals surface area contributed by atoms with E-state index in [1.165, 1.54) is 12.8 Å². The molecule has 0 unspecified atom stereocenters. The van der Waals surface area contributed by atoms with Gasteiger partial charge in [0.1, 0.15) is 0 Å². The number of ether oxygens (including phenoxy) is 2. The Hall–Kier alpha value is -1.71. The molecule has 23 heavy (non-hydrogen) atoms. The molecule has 0 spiro atoms. The largest absolute Gasteiger partial charge is 0.493 e. The van der Waals surface area contributed by atoms with E-state index in [1.54, 1.807) is 7.11 Å². The highest BCUT2D eigenvalue weighted by atomic mass is 16.5. The van der Waals surface area contributed by atoms with Crippen molar-refractivity contribution >= 4 is 5.97 Å². The summed E-state index contributed by atoms with van der Waals surface area (Å²) in [6.07, 6.45) is 9.23. The van der Waals surface area contributed by atoms with Crippen LogP contribution in [0.2, 0.25) is 0 Å². The second-order valence-electron chi connectivity index (χ2n) is 6.84. The molecule has 0 bridgehead atoms. The quantitative estimate of drug-likeness (QED) is 0.879. The maximum Gasteiger partial charge on any atom is 0.314 e. The van der Waals surface area contributed by atoms with Crippen LogP contribution in [-0.2, 0) is 10.2 Å². The summed E-state index contributed by atoms with van der Waals surface area (Å²) < 4.78 is 11.6. The van der Waals surface area contributed by atoms with Gasteiger partial charge in [0.25, 0.3) is 0 Å². The summed E-state index contributed by atoms with van der Waals surface area (Å²) in [7, 11) is 1.63. The van der Waals surface area contributed by atoms with Gasteiger partial charge in [-0.15, -0.1) is 0 Å². The van der Waals surface area contributed by atoms with Crippen LogP contribution in [-0.4, -0.2) is 24.3 Å². The lowest BCUT2D eigenvalue weighted by Gasteiger charge is -2.34. The molecule has 1 N–H and O–H groups in total. The SMILES string of the molecule is COc1ccc(C2(C(=O)O)CCCCC2)cc1OC1CCCC1. The van der Waals surface area contributed by atoms with Crippen LogP contribution >= 0.6 is 0 Å². The van der Waals surface area contributed by atoms with Gasteiger partial charge in [-0.2, -0.15) is 0 Å². The number of carboxylic acids is 1.